The van der Waals surface area contributed by atoms with E-state index in [2.05, 4.69) is 59.8 Å². The van der Waals surface area contributed by atoms with E-state index >= 15 is 0 Å². The number of unbranched alkanes of at least 4 members (excludes halogenated alkanes) is 2. The summed E-state index contributed by atoms with van der Waals surface area (Å²) in [6.07, 6.45) is 22.0. The molecule has 0 aliphatic heterocycles. The van der Waals surface area contributed by atoms with Crippen LogP contribution in [0.3, 0.4) is 0 Å². The molecule has 3 saturated carbocycles. The van der Waals surface area contributed by atoms with Crippen molar-refractivity contribution in [3.63, 3.8) is 0 Å². The molecule has 0 heterocycles. The zero-order chi connectivity index (χ0) is 27.5. The lowest BCUT2D eigenvalue weighted by atomic mass is 9.47. The summed E-state index contributed by atoms with van der Waals surface area (Å²) in [5.74, 6) is 5.37. The predicted octanol–water partition coefficient (Wildman–Crippen LogP) is 8.90. The van der Waals surface area contributed by atoms with E-state index in [1.54, 1.807) is 5.57 Å². The molecule has 0 aromatic rings. The Balaban J connectivity index is 1.39. The van der Waals surface area contributed by atoms with Crippen LogP contribution in [0.25, 0.3) is 0 Å². The van der Waals surface area contributed by atoms with Crippen molar-refractivity contribution in [3.8, 4) is 0 Å². The lowest BCUT2D eigenvalue weighted by Gasteiger charge is -2.58. The van der Waals surface area contributed by atoms with E-state index in [4.69, 9.17) is 9.84 Å². The summed E-state index contributed by atoms with van der Waals surface area (Å²) in [5, 5.41) is 8.95. The Morgan fingerprint density at radius 2 is 1.84 bits per heavy atom. The third kappa shape index (κ3) is 5.98. The van der Waals surface area contributed by atoms with Gasteiger partial charge in [0.25, 0.3) is 0 Å². The van der Waals surface area contributed by atoms with Gasteiger partial charge in [0, 0.05) is 19.4 Å². The van der Waals surface area contributed by atoms with Gasteiger partial charge in [-0.25, -0.2) is 0 Å². The molecule has 9 atom stereocenters. The zero-order valence-electron chi connectivity index (χ0n) is 25.5. The summed E-state index contributed by atoms with van der Waals surface area (Å²) in [6, 6.07) is 0. The highest BCUT2D eigenvalue weighted by molar-refractivity contribution is 5.69. The number of hydrogen-bond acceptors (Lipinski definition) is 3. The molecule has 4 aliphatic carbocycles. The van der Waals surface area contributed by atoms with Crippen LogP contribution in [0.4, 0.5) is 0 Å². The molecule has 0 amide bonds. The van der Waals surface area contributed by atoms with Gasteiger partial charge in [-0.3, -0.25) is 4.79 Å². The van der Waals surface area contributed by atoms with Crippen LogP contribution in [0.5, 0.6) is 0 Å². The number of carbonyl (C=O) groups is 1. The second kappa shape index (κ2) is 12.6. The summed E-state index contributed by atoms with van der Waals surface area (Å²) in [5.41, 5.74) is 2.37. The second-order valence-electron chi connectivity index (χ2n) is 14.4. The topological polar surface area (TPSA) is 46.5 Å². The van der Waals surface area contributed by atoms with Gasteiger partial charge in [0.15, 0.2) is 0 Å². The van der Waals surface area contributed by atoms with E-state index in [1.165, 1.54) is 44.9 Å². The Morgan fingerprint density at radius 1 is 1.05 bits per heavy atom. The van der Waals surface area contributed by atoms with Crippen LogP contribution in [-0.4, -0.2) is 23.8 Å². The molecule has 3 heteroatoms. The maximum Gasteiger partial charge on any atom is 0.306 e. The molecule has 0 radical (unpaired) electrons. The van der Waals surface area contributed by atoms with Crippen LogP contribution in [0.15, 0.2) is 23.8 Å². The molecule has 0 spiro atoms. The lowest BCUT2D eigenvalue weighted by molar-refractivity contribution is -0.151. The Hall–Kier alpha value is -1.09. The Morgan fingerprint density at radius 3 is 2.55 bits per heavy atom. The van der Waals surface area contributed by atoms with Gasteiger partial charge in [-0.05, 0) is 116 Å². The van der Waals surface area contributed by atoms with Crippen molar-refractivity contribution in [2.75, 3.05) is 6.61 Å². The number of fused-ring (bicyclic) bond motifs is 5. The Kier molecular flexibility index (Phi) is 9.92. The van der Waals surface area contributed by atoms with Crippen molar-refractivity contribution in [3.05, 3.63) is 23.8 Å². The highest BCUT2D eigenvalue weighted by Gasteiger charge is 2.59. The molecule has 0 aromatic carbocycles. The first-order valence-corrected chi connectivity index (χ1v) is 16.3. The average molecular weight is 527 g/mol. The molecular weight excluding hydrogens is 468 g/mol. The highest BCUT2D eigenvalue weighted by Crippen LogP contribution is 2.67. The molecule has 0 bridgehead atoms. The summed E-state index contributed by atoms with van der Waals surface area (Å²) in [6.45, 7) is 15.0. The van der Waals surface area contributed by atoms with Gasteiger partial charge in [-0.2, -0.15) is 0 Å². The number of aliphatic hydroxyl groups excluding tert-OH is 1. The smallest absolute Gasteiger partial charge is 0.306 e. The van der Waals surface area contributed by atoms with Crippen molar-refractivity contribution < 1.29 is 14.6 Å². The maximum absolute atomic E-state index is 12.4. The predicted molar refractivity (Wildman–Crippen MR) is 158 cm³/mol. The largest absolute Gasteiger partial charge is 0.462 e. The van der Waals surface area contributed by atoms with Crippen LogP contribution in [0.1, 0.15) is 125 Å². The van der Waals surface area contributed by atoms with Crippen LogP contribution < -0.4 is 0 Å². The number of ether oxygens (including phenoxy) is 1. The van der Waals surface area contributed by atoms with Crippen LogP contribution in [0, 0.1) is 52.3 Å². The second-order valence-corrected chi connectivity index (χ2v) is 14.4. The fraction of sp³-hybridized carbons (Fsp3) is 0.857. The van der Waals surface area contributed by atoms with E-state index in [9.17, 15) is 4.79 Å². The van der Waals surface area contributed by atoms with E-state index < -0.39 is 0 Å². The molecule has 3 fully saturated rings. The van der Waals surface area contributed by atoms with E-state index in [0.29, 0.717) is 29.1 Å². The van der Waals surface area contributed by atoms with Gasteiger partial charge in [0.2, 0.25) is 0 Å². The van der Waals surface area contributed by atoms with Crippen LogP contribution in [0.2, 0.25) is 0 Å². The maximum atomic E-state index is 12.4. The monoisotopic (exact) mass is 526 g/mol. The Bertz CT molecular complexity index is 857. The molecule has 0 unspecified atom stereocenters. The summed E-state index contributed by atoms with van der Waals surface area (Å²) < 4.78 is 5.94. The van der Waals surface area contributed by atoms with E-state index in [0.717, 1.165) is 61.7 Å². The number of aliphatic hydroxyl groups is 1. The minimum Gasteiger partial charge on any atom is -0.462 e. The van der Waals surface area contributed by atoms with Gasteiger partial charge in [0.1, 0.15) is 6.10 Å². The van der Waals surface area contributed by atoms with Crippen molar-refractivity contribution in [2.24, 2.45) is 52.3 Å². The number of carbonyl (C=O) groups excluding carboxylic acids is 1. The molecule has 0 saturated heterocycles. The van der Waals surface area contributed by atoms with Gasteiger partial charge in [-0.15, -0.1) is 0 Å². The zero-order valence-corrected chi connectivity index (χ0v) is 25.5. The average Bonchev–Trinajstić information content (AvgIpc) is 3.24. The quantitative estimate of drug-likeness (QED) is 0.166. The third-order valence-corrected chi connectivity index (χ3v) is 12.1. The van der Waals surface area contributed by atoms with Crippen molar-refractivity contribution in [1.29, 1.82) is 0 Å². The molecule has 216 valence electrons. The number of rotatable bonds is 11. The normalized spacial score (nSPS) is 38.3. The highest BCUT2D eigenvalue weighted by atomic mass is 16.5. The first kappa shape index (κ1) is 29.9. The van der Waals surface area contributed by atoms with Gasteiger partial charge < -0.3 is 9.84 Å². The van der Waals surface area contributed by atoms with Gasteiger partial charge in [0.05, 0.1) is 0 Å². The van der Waals surface area contributed by atoms with E-state index in [1.807, 2.05) is 0 Å². The minimum atomic E-state index is -0.0434. The van der Waals surface area contributed by atoms with Gasteiger partial charge >= 0.3 is 5.97 Å². The lowest BCUT2D eigenvalue weighted by Crippen LogP contribution is -2.51. The summed E-state index contributed by atoms with van der Waals surface area (Å²) in [7, 11) is 0. The molecule has 3 nitrogen and oxygen atoms in total. The molecule has 1 N–H and O–H groups in total. The Labute approximate surface area is 234 Å². The number of esters is 1. The molecular formula is C35H58O3. The SMILES string of the molecule is CC[C@H](/C=C/[C@@H](C)[C@H]1CC[C@H]2[C@@H]3CC=C4C[C@@H](OC(=O)CCCCCO)CC[C@]4(C)[C@H]3CC[C@]12C)C(C)C. The summed E-state index contributed by atoms with van der Waals surface area (Å²) >= 11 is 0. The number of allylic oxidation sites excluding steroid dienone is 3. The number of hydrogen-bond donors (Lipinski definition) is 1. The fourth-order valence-corrected chi connectivity index (χ4v) is 9.72. The first-order chi connectivity index (χ1) is 18.1. The van der Waals surface area contributed by atoms with Crippen LogP contribution >= 0.6 is 0 Å². The van der Waals surface area contributed by atoms with E-state index in [-0.39, 0.29) is 18.7 Å². The van der Waals surface area contributed by atoms with Crippen LogP contribution in [-0.2, 0) is 9.53 Å². The molecule has 4 aliphatic rings. The molecule has 0 aromatic heterocycles. The summed E-state index contributed by atoms with van der Waals surface area (Å²) in [4.78, 5) is 12.4. The molecule has 4 rings (SSSR count). The van der Waals surface area contributed by atoms with Crippen molar-refractivity contribution in [2.45, 2.75) is 131 Å². The first-order valence-electron chi connectivity index (χ1n) is 16.3. The minimum absolute atomic E-state index is 0.0434. The molecule has 38 heavy (non-hydrogen) atoms. The third-order valence-electron chi connectivity index (χ3n) is 12.1. The standard InChI is InChI=1S/C35H58O3/c1-7-26(24(2)3)13-12-25(4)30-16-17-31-29-15-14-27-23-28(38-33(37)11-9-8-10-22-36)18-20-34(27,5)32(29)19-21-35(30,31)6/h12-14,24-26,28-32,36H,7-11,15-23H2,1-6H3/b13-12+/t25-,26-,28+,29+,30-,31+,32+,34+,35-/m1/s1. The van der Waals surface area contributed by atoms with Crippen molar-refractivity contribution in [1.82, 2.24) is 0 Å². The fourth-order valence-electron chi connectivity index (χ4n) is 9.72. The van der Waals surface area contributed by atoms with Gasteiger partial charge in [-0.1, -0.05) is 71.8 Å². The van der Waals surface area contributed by atoms with Crippen molar-refractivity contribution >= 4 is 5.97 Å².